The van der Waals surface area contributed by atoms with Gasteiger partial charge in [0.25, 0.3) is 5.89 Å². The maximum atomic E-state index is 8.87. The Morgan fingerprint density at radius 1 is 1.10 bits per heavy atom. The van der Waals surface area contributed by atoms with Crippen molar-refractivity contribution in [2.75, 3.05) is 0 Å². The number of nitrogens with zero attached hydrogens (tertiary/aromatic N) is 3. The number of nitriles is 1. The van der Waals surface area contributed by atoms with Crippen molar-refractivity contribution < 1.29 is 4.52 Å². The van der Waals surface area contributed by atoms with Crippen LogP contribution >= 0.6 is 11.6 Å². The molecule has 4 nitrogen and oxygen atoms in total. The normalized spacial score (nSPS) is 10.3. The Hall–Kier alpha value is -2.64. The van der Waals surface area contributed by atoms with Gasteiger partial charge in [0, 0.05) is 16.1 Å². The van der Waals surface area contributed by atoms with E-state index in [1.54, 1.807) is 12.1 Å². The molecule has 102 valence electrons. The molecule has 5 heteroatoms. The highest BCUT2D eigenvalue weighted by atomic mass is 35.5. The second-order valence-corrected chi connectivity index (χ2v) is 4.86. The lowest BCUT2D eigenvalue weighted by Crippen LogP contribution is -1.88. The third kappa shape index (κ3) is 2.78. The quantitative estimate of drug-likeness (QED) is 0.729. The lowest BCUT2D eigenvalue weighted by Gasteiger charge is -2.00. The summed E-state index contributed by atoms with van der Waals surface area (Å²) >= 11 is 5.86. The number of hydrogen-bond donors (Lipinski definition) is 0. The maximum Gasteiger partial charge on any atom is 0.258 e. The van der Waals surface area contributed by atoms with Crippen LogP contribution in [0.4, 0.5) is 0 Å². The summed E-state index contributed by atoms with van der Waals surface area (Å²) in [6, 6.07) is 16.9. The second-order valence-electron chi connectivity index (χ2n) is 4.42. The Kier molecular flexibility index (Phi) is 3.67. The van der Waals surface area contributed by atoms with Crippen LogP contribution in [-0.2, 0) is 6.42 Å². The molecule has 0 saturated carbocycles. The molecule has 0 amide bonds. The first-order valence-electron chi connectivity index (χ1n) is 6.33. The Bertz CT molecular complexity index is 803. The van der Waals surface area contributed by atoms with Crippen LogP contribution in [-0.4, -0.2) is 10.1 Å². The average Bonchev–Trinajstić information content (AvgIpc) is 2.99. The molecule has 1 aromatic heterocycles. The zero-order valence-corrected chi connectivity index (χ0v) is 11.7. The van der Waals surface area contributed by atoms with Gasteiger partial charge in [0.1, 0.15) is 0 Å². The van der Waals surface area contributed by atoms with Crippen LogP contribution in [0.2, 0.25) is 5.02 Å². The Morgan fingerprint density at radius 2 is 1.86 bits per heavy atom. The van der Waals surface area contributed by atoms with Crippen LogP contribution in [0.1, 0.15) is 5.56 Å². The molecule has 0 aliphatic carbocycles. The van der Waals surface area contributed by atoms with E-state index >= 15 is 0 Å². The van der Waals surface area contributed by atoms with Gasteiger partial charge in [0.2, 0.25) is 5.82 Å². The van der Waals surface area contributed by atoms with Gasteiger partial charge in [-0.25, -0.2) is 0 Å². The highest BCUT2D eigenvalue weighted by Gasteiger charge is 2.13. The summed E-state index contributed by atoms with van der Waals surface area (Å²) in [5.74, 6) is 0.902. The van der Waals surface area contributed by atoms with Gasteiger partial charge in [-0.2, -0.15) is 10.2 Å². The molecule has 1 heterocycles. The van der Waals surface area contributed by atoms with Gasteiger partial charge in [-0.3, -0.25) is 0 Å². The predicted octanol–water partition coefficient (Wildman–Crippen LogP) is 4.12. The maximum absolute atomic E-state index is 8.87. The number of aromatic nitrogens is 2. The van der Waals surface area contributed by atoms with Crippen molar-refractivity contribution >= 4 is 11.6 Å². The fraction of sp³-hybridized carbons (Fsp3) is 0.0625. The number of hydrogen-bond acceptors (Lipinski definition) is 4. The van der Waals surface area contributed by atoms with Gasteiger partial charge < -0.3 is 4.52 Å². The predicted molar refractivity (Wildman–Crippen MR) is 79.5 cm³/mol. The van der Waals surface area contributed by atoms with E-state index in [-0.39, 0.29) is 0 Å². The molecule has 0 radical (unpaired) electrons. The minimum atomic E-state index is 0.300. The third-order valence-corrected chi connectivity index (χ3v) is 3.30. The van der Waals surface area contributed by atoms with Gasteiger partial charge in [0.15, 0.2) is 0 Å². The summed E-state index contributed by atoms with van der Waals surface area (Å²) in [6.45, 7) is 0. The largest absolute Gasteiger partial charge is 0.334 e. The monoisotopic (exact) mass is 295 g/mol. The van der Waals surface area contributed by atoms with Crippen molar-refractivity contribution in [3.05, 3.63) is 59.1 Å². The fourth-order valence-electron chi connectivity index (χ4n) is 2.02. The van der Waals surface area contributed by atoms with Gasteiger partial charge in [0.05, 0.1) is 12.5 Å². The zero-order valence-electron chi connectivity index (χ0n) is 11.0. The Balaban J connectivity index is 1.99. The van der Waals surface area contributed by atoms with Crippen LogP contribution in [0.5, 0.6) is 0 Å². The summed E-state index contributed by atoms with van der Waals surface area (Å²) in [5.41, 5.74) is 2.48. The van der Waals surface area contributed by atoms with E-state index in [9.17, 15) is 0 Å². The van der Waals surface area contributed by atoms with Crippen LogP contribution < -0.4 is 0 Å². The molecule has 0 saturated heterocycles. The van der Waals surface area contributed by atoms with E-state index in [0.29, 0.717) is 23.2 Å². The standard InChI is InChI=1S/C16H10ClN3O/c17-13-7-5-12(6-8-13)15-19-16(21-20-15)14-4-2-1-3-11(14)9-10-18/h1-8H,9H2. The number of halogens is 1. The molecule has 2 aromatic carbocycles. The van der Waals surface area contributed by atoms with Crippen LogP contribution in [0.15, 0.2) is 53.1 Å². The van der Waals surface area contributed by atoms with Crippen molar-refractivity contribution in [3.63, 3.8) is 0 Å². The third-order valence-electron chi connectivity index (χ3n) is 3.05. The smallest absolute Gasteiger partial charge is 0.258 e. The first kappa shape index (κ1) is 13.3. The molecule has 0 unspecified atom stereocenters. The topological polar surface area (TPSA) is 62.7 Å². The van der Waals surface area contributed by atoms with E-state index in [0.717, 1.165) is 16.7 Å². The van der Waals surface area contributed by atoms with Crippen molar-refractivity contribution in [1.29, 1.82) is 5.26 Å². The SMILES string of the molecule is N#CCc1ccccc1-c1nc(-c2ccc(Cl)cc2)no1. The van der Waals surface area contributed by atoms with Crippen LogP contribution in [0, 0.1) is 11.3 Å². The molecular weight excluding hydrogens is 286 g/mol. The second kappa shape index (κ2) is 5.78. The molecule has 0 spiro atoms. The molecule has 3 aromatic rings. The molecule has 0 aliphatic heterocycles. The van der Waals surface area contributed by atoms with E-state index in [2.05, 4.69) is 16.2 Å². The molecule has 0 bridgehead atoms. The van der Waals surface area contributed by atoms with Gasteiger partial charge >= 0.3 is 0 Å². The fourth-order valence-corrected chi connectivity index (χ4v) is 2.14. The van der Waals surface area contributed by atoms with E-state index in [1.807, 2.05) is 36.4 Å². The van der Waals surface area contributed by atoms with Gasteiger partial charge in [-0.1, -0.05) is 35.0 Å². The van der Waals surface area contributed by atoms with Gasteiger partial charge in [-0.15, -0.1) is 0 Å². The summed E-state index contributed by atoms with van der Waals surface area (Å²) in [4.78, 5) is 4.39. The van der Waals surface area contributed by atoms with Crippen molar-refractivity contribution in [2.24, 2.45) is 0 Å². The molecule has 21 heavy (non-hydrogen) atoms. The average molecular weight is 296 g/mol. The van der Waals surface area contributed by atoms with Crippen molar-refractivity contribution in [1.82, 2.24) is 10.1 Å². The highest BCUT2D eigenvalue weighted by molar-refractivity contribution is 6.30. The summed E-state index contributed by atoms with van der Waals surface area (Å²) in [6.07, 6.45) is 0.300. The van der Waals surface area contributed by atoms with E-state index in [4.69, 9.17) is 21.4 Å². The lowest BCUT2D eigenvalue weighted by atomic mass is 10.1. The first-order chi connectivity index (χ1) is 10.3. The van der Waals surface area contributed by atoms with Crippen molar-refractivity contribution in [2.45, 2.75) is 6.42 Å². The lowest BCUT2D eigenvalue weighted by molar-refractivity contribution is 0.432. The zero-order chi connectivity index (χ0) is 14.7. The molecular formula is C16H10ClN3O. The highest BCUT2D eigenvalue weighted by Crippen LogP contribution is 2.26. The Morgan fingerprint density at radius 3 is 2.62 bits per heavy atom. The van der Waals surface area contributed by atoms with E-state index in [1.165, 1.54) is 0 Å². The van der Waals surface area contributed by atoms with Crippen LogP contribution in [0.3, 0.4) is 0 Å². The molecule has 0 N–H and O–H groups in total. The molecule has 3 rings (SSSR count). The molecule has 0 atom stereocenters. The summed E-state index contributed by atoms with van der Waals surface area (Å²) < 4.78 is 5.32. The minimum Gasteiger partial charge on any atom is -0.334 e. The number of benzene rings is 2. The molecule has 0 fully saturated rings. The van der Waals surface area contributed by atoms with E-state index < -0.39 is 0 Å². The minimum absolute atomic E-state index is 0.300. The van der Waals surface area contributed by atoms with Gasteiger partial charge in [-0.05, 0) is 35.9 Å². The number of rotatable bonds is 3. The van der Waals surface area contributed by atoms with Crippen LogP contribution in [0.25, 0.3) is 22.8 Å². The Labute approximate surface area is 126 Å². The first-order valence-corrected chi connectivity index (χ1v) is 6.70. The van der Waals surface area contributed by atoms with Crippen molar-refractivity contribution in [3.8, 4) is 28.9 Å². The summed E-state index contributed by atoms with van der Waals surface area (Å²) in [5, 5.41) is 13.5. The summed E-state index contributed by atoms with van der Waals surface area (Å²) in [7, 11) is 0. The molecule has 0 aliphatic rings.